The predicted molar refractivity (Wildman–Crippen MR) is 102 cm³/mol. The summed E-state index contributed by atoms with van der Waals surface area (Å²) in [5.41, 5.74) is 4.61. The zero-order chi connectivity index (χ0) is 19.6. The number of hydrogen-bond acceptors (Lipinski definition) is 7. The Bertz CT molecular complexity index is 817. The minimum absolute atomic E-state index is 0.385. The van der Waals surface area contributed by atoms with Crippen molar-refractivity contribution in [2.45, 2.75) is 19.1 Å². The first kappa shape index (κ1) is 18.4. The monoisotopic (exact) mass is 370 g/mol. The molecule has 27 heavy (non-hydrogen) atoms. The second-order valence-corrected chi connectivity index (χ2v) is 6.44. The molecule has 142 valence electrons. The Labute approximate surface area is 157 Å². The smallest absolute Gasteiger partial charge is 0.325 e. The number of aliphatic imine (C=N–C) groups is 1. The normalized spacial score (nSPS) is 21.8. The van der Waals surface area contributed by atoms with Crippen molar-refractivity contribution in [1.82, 2.24) is 20.5 Å². The molecule has 0 spiro atoms. The van der Waals surface area contributed by atoms with Crippen LogP contribution in [-0.4, -0.2) is 66.8 Å². The molecule has 2 N–H and O–H groups in total. The van der Waals surface area contributed by atoms with E-state index in [1.54, 1.807) is 25.3 Å². The van der Waals surface area contributed by atoms with E-state index in [1.165, 1.54) is 4.90 Å². The molecule has 1 aromatic carbocycles. The number of hydrazone groups is 1. The zero-order valence-corrected chi connectivity index (χ0v) is 15.5. The van der Waals surface area contributed by atoms with Gasteiger partial charge in [-0.2, -0.15) is 5.10 Å². The van der Waals surface area contributed by atoms with Crippen LogP contribution in [-0.2, 0) is 4.79 Å². The number of methoxy groups -OCH3 is 1. The largest absolute Gasteiger partial charge is 0.497 e. The maximum atomic E-state index is 12.3. The third kappa shape index (κ3) is 3.76. The summed E-state index contributed by atoms with van der Waals surface area (Å²) in [6.07, 6.45) is 1.03. The van der Waals surface area contributed by atoms with Gasteiger partial charge < -0.3 is 14.5 Å². The van der Waals surface area contributed by atoms with Crippen molar-refractivity contribution < 1.29 is 14.3 Å². The summed E-state index contributed by atoms with van der Waals surface area (Å²) >= 11 is 0. The van der Waals surface area contributed by atoms with Crippen molar-refractivity contribution in [3.63, 3.8) is 0 Å². The maximum absolute atomic E-state index is 12.3. The standard InChI is InChI=1S/C18H22N6O3/c1-11(2)10-24-14-15(23(3)18(26)21-16(14)25)20-17(24)22-19-9-12-5-7-13(27-4)8-6-12/h5-9,14-15H,1,10H2,2-4H3,(H,20,22)(H,21,25,26)/b19-9+. The number of guanidine groups is 1. The maximum Gasteiger partial charge on any atom is 0.325 e. The van der Waals surface area contributed by atoms with Crippen LogP contribution in [0.1, 0.15) is 12.5 Å². The molecule has 2 aliphatic rings. The highest BCUT2D eigenvalue weighted by molar-refractivity contribution is 6.03. The number of likely N-dealkylation sites (N-methyl/N-ethyl adjacent to an activating group) is 1. The van der Waals surface area contributed by atoms with Gasteiger partial charge in [0.25, 0.3) is 5.91 Å². The molecule has 1 fully saturated rings. The topological polar surface area (TPSA) is 98.6 Å². The van der Waals surface area contributed by atoms with Crippen LogP contribution in [0, 0.1) is 0 Å². The summed E-state index contributed by atoms with van der Waals surface area (Å²) < 4.78 is 5.12. The molecule has 1 saturated heterocycles. The number of imide groups is 1. The molecule has 0 saturated carbocycles. The molecule has 0 aromatic heterocycles. The van der Waals surface area contributed by atoms with Crippen molar-refractivity contribution in [3.05, 3.63) is 42.0 Å². The average Bonchev–Trinajstić information content (AvgIpc) is 2.99. The zero-order valence-electron chi connectivity index (χ0n) is 15.5. The lowest BCUT2D eigenvalue weighted by molar-refractivity contribution is -0.127. The molecule has 0 aliphatic carbocycles. The summed E-state index contributed by atoms with van der Waals surface area (Å²) in [7, 11) is 3.21. The third-order valence-corrected chi connectivity index (χ3v) is 4.29. The molecular formula is C18H22N6O3. The molecule has 2 atom stereocenters. The fourth-order valence-electron chi connectivity index (χ4n) is 2.94. The van der Waals surface area contributed by atoms with E-state index in [0.29, 0.717) is 12.5 Å². The molecule has 2 aliphatic heterocycles. The second kappa shape index (κ2) is 7.48. The van der Waals surface area contributed by atoms with Gasteiger partial charge in [0.05, 0.1) is 13.3 Å². The Morgan fingerprint density at radius 1 is 1.41 bits per heavy atom. The number of amides is 3. The van der Waals surface area contributed by atoms with E-state index in [4.69, 9.17) is 4.74 Å². The van der Waals surface area contributed by atoms with Crippen molar-refractivity contribution >= 4 is 24.1 Å². The van der Waals surface area contributed by atoms with Gasteiger partial charge >= 0.3 is 6.03 Å². The molecule has 0 bridgehead atoms. The van der Waals surface area contributed by atoms with Gasteiger partial charge in [-0.05, 0) is 36.8 Å². The number of carbonyl (C=O) groups is 2. The van der Waals surface area contributed by atoms with E-state index in [-0.39, 0.29) is 5.91 Å². The molecule has 1 aromatic rings. The summed E-state index contributed by atoms with van der Waals surface area (Å²) in [6, 6.07) is 6.31. The van der Waals surface area contributed by atoms with Gasteiger partial charge in [0.2, 0.25) is 5.96 Å². The lowest BCUT2D eigenvalue weighted by Gasteiger charge is -2.36. The molecule has 3 rings (SSSR count). The van der Waals surface area contributed by atoms with Crippen LogP contribution in [0.25, 0.3) is 0 Å². The van der Waals surface area contributed by atoms with Gasteiger partial charge in [-0.25, -0.2) is 15.2 Å². The van der Waals surface area contributed by atoms with Crippen LogP contribution >= 0.6 is 0 Å². The Balaban J connectivity index is 1.78. The van der Waals surface area contributed by atoms with E-state index >= 15 is 0 Å². The minimum Gasteiger partial charge on any atom is -0.497 e. The van der Waals surface area contributed by atoms with E-state index in [1.807, 2.05) is 31.2 Å². The van der Waals surface area contributed by atoms with Crippen LogP contribution in [0.4, 0.5) is 4.79 Å². The summed E-state index contributed by atoms with van der Waals surface area (Å²) in [5.74, 6) is 0.786. The number of urea groups is 1. The molecule has 3 amide bonds. The van der Waals surface area contributed by atoms with Crippen molar-refractivity contribution in [2.75, 3.05) is 20.7 Å². The van der Waals surface area contributed by atoms with Crippen LogP contribution in [0.15, 0.2) is 46.5 Å². The minimum atomic E-state index is -0.622. The molecular weight excluding hydrogens is 348 g/mol. The highest BCUT2D eigenvalue weighted by Gasteiger charge is 2.48. The van der Waals surface area contributed by atoms with E-state index < -0.39 is 18.2 Å². The molecule has 9 heteroatoms. The molecule has 0 radical (unpaired) electrons. The number of nitrogens with one attached hydrogen (secondary N) is 2. The van der Waals surface area contributed by atoms with Gasteiger partial charge in [-0.1, -0.05) is 12.2 Å². The van der Waals surface area contributed by atoms with E-state index in [9.17, 15) is 9.59 Å². The van der Waals surface area contributed by atoms with Crippen LogP contribution in [0.3, 0.4) is 0 Å². The third-order valence-electron chi connectivity index (χ3n) is 4.29. The first-order valence-electron chi connectivity index (χ1n) is 8.40. The quantitative estimate of drug-likeness (QED) is 0.453. The average molecular weight is 370 g/mol. The first-order chi connectivity index (χ1) is 12.9. The van der Waals surface area contributed by atoms with Crippen molar-refractivity contribution in [3.8, 4) is 5.75 Å². The molecule has 2 heterocycles. The Kier molecular flexibility index (Phi) is 5.11. The molecule has 9 nitrogen and oxygen atoms in total. The fourth-order valence-corrected chi connectivity index (χ4v) is 2.94. The number of nitrogens with zero attached hydrogens (tertiary/aromatic N) is 4. The van der Waals surface area contributed by atoms with Crippen molar-refractivity contribution in [1.29, 1.82) is 0 Å². The van der Waals surface area contributed by atoms with Gasteiger partial charge in [-0.3, -0.25) is 10.1 Å². The van der Waals surface area contributed by atoms with Crippen molar-refractivity contribution in [2.24, 2.45) is 10.1 Å². The number of fused-ring (bicyclic) bond motifs is 1. The summed E-state index contributed by atoms with van der Waals surface area (Å²) in [5, 5.41) is 6.55. The van der Waals surface area contributed by atoms with Crippen LogP contribution < -0.4 is 15.5 Å². The Hall–Kier alpha value is -3.36. The molecule has 2 unspecified atom stereocenters. The van der Waals surface area contributed by atoms with Crippen LogP contribution in [0.2, 0.25) is 0 Å². The number of rotatable bonds is 5. The van der Waals surface area contributed by atoms with Gasteiger partial charge in [-0.15, -0.1) is 0 Å². The summed E-state index contributed by atoms with van der Waals surface area (Å²) in [6.45, 7) is 6.19. The van der Waals surface area contributed by atoms with E-state index in [2.05, 4.69) is 27.4 Å². The Morgan fingerprint density at radius 3 is 2.74 bits per heavy atom. The fraction of sp³-hybridized carbons (Fsp3) is 0.333. The highest BCUT2D eigenvalue weighted by Crippen LogP contribution is 2.23. The highest BCUT2D eigenvalue weighted by atomic mass is 16.5. The summed E-state index contributed by atoms with van der Waals surface area (Å²) in [4.78, 5) is 31.9. The van der Waals surface area contributed by atoms with Gasteiger partial charge in [0.1, 0.15) is 5.75 Å². The van der Waals surface area contributed by atoms with Gasteiger partial charge in [0.15, 0.2) is 12.2 Å². The number of hydrogen-bond donors (Lipinski definition) is 2. The SMILES string of the molecule is C=C(C)CN1C(N/N=C/c2ccc(OC)cc2)=NC2C1C(=O)NC(=O)N2C. The number of benzene rings is 1. The Morgan fingerprint density at radius 2 is 2.11 bits per heavy atom. The lowest BCUT2D eigenvalue weighted by atomic mass is 10.1. The van der Waals surface area contributed by atoms with Gasteiger partial charge in [0, 0.05) is 13.6 Å². The number of ether oxygens (including phenoxy) is 1. The second-order valence-electron chi connectivity index (χ2n) is 6.44. The van der Waals surface area contributed by atoms with Crippen LogP contribution in [0.5, 0.6) is 5.75 Å². The number of carbonyl (C=O) groups excluding carboxylic acids is 2. The predicted octanol–water partition coefficient (Wildman–Crippen LogP) is 0.743. The van der Waals surface area contributed by atoms with E-state index in [0.717, 1.165) is 16.9 Å². The lowest BCUT2D eigenvalue weighted by Crippen LogP contribution is -2.64. The first-order valence-corrected chi connectivity index (χ1v) is 8.40.